The van der Waals surface area contributed by atoms with Gasteiger partial charge in [-0.25, -0.2) is 0 Å². The van der Waals surface area contributed by atoms with E-state index in [0.717, 1.165) is 16.8 Å². The van der Waals surface area contributed by atoms with Gasteiger partial charge in [0.15, 0.2) is 0 Å². The van der Waals surface area contributed by atoms with Crippen LogP contribution in [0.5, 0.6) is 0 Å². The van der Waals surface area contributed by atoms with Gasteiger partial charge in [0.05, 0.1) is 6.54 Å². The molecule has 0 bridgehead atoms. The van der Waals surface area contributed by atoms with E-state index in [9.17, 15) is 9.59 Å². The molecule has 2 N–H and O–H groups in total. The van der Waals surface area contributed by atoms with Gasteiger partial charge in [-0.2, -0.15) is 0 Å². The largest absolute Gasteiger partial charge is 0.372 e. The lowest BCUT2D eigenvalue weighted by Crippen LogP contribution is -2.42. The average molecular weight is 341 g/mol. The molecule has 1 aliphatic heterocycles. The Balaban J connectivity index is 1.41. The number of hydrogen-bond donors (Lipinski definition) is 2. The molecular weight excluding hydrogens is 322 g/mol. The molecule has 6 heteroatoms. The number of benzene rings is 1. The monoisotopic (exact) mass is 341 g/mol. The molecule has 5 nitrogen and oxygen atoms in total. The van der Waals surface area contributed by atoms with Crippen molar-refractivity contribution in [1.29, 1.82) is 0 Å². The van der Waals surface area contributed by atoms with E-state index in [1.807, 2.05) is 54.8 Å². The van der Waals surface area contributed by atoms with Crippen molar-refractivity contribution < 1.29 is 9.59 Å². The highest BCUT2D eigenvalue weighted by Gasteiger charge is 2.13. The Kier molecular flexibility index (Phi) is 5.28. The van der Waals surface area contributed by atoms with Crippen molar-refractivity contribution in [2.24, 2.45) is 0 Å². The Labute approximate surface area is 144 Å². The fourth-order valence-corrected chi connectivity index (χ4v) is 3.44. The average Bonchev–Trinajstić information content (AvgIpc) is 3.03. The summed E-state index contributed by atoms with van der Waals surface area (Å²) in [5.41, 5.74) is 0. The first-order valence-electron chi connectivity index (χ1n) is 7.83. The molecule has 0 saturated carbocycles. The Bertz CT molecular complexity index is 761. The van der Waals surface area contributed by atoms with Crippen LogP contribution in [-0.4, -0.2) is 36.3 Å². The number of thiophene rings is 1. The number of carbonyl (C=O) groups is 2. The van der Waals surface area contributed by atoms with Crippen LogP contribution in [0.2, 0.25) is 0 Å². The van der Waals surface area contributed by atoms with Crippen molar-refractivity contribution in [2.75, 3.05) is 19.6 Å². The molecule has 24 heavy (non-hydrogen) atoms. The summed E-state index contributed by atoms with van der Waals surface area (Å²) < 4.78 is 1.18. The maximum absolute atomic E-state index is 11.9. The summed E-state index contributed by atoms with van der Waals surface area (Å²) in [7, 11) is 0. The standard InChI is InChI=1S/C18H19N3O2S/c22-17(19-8-11-21-9-4-1-5-10-21)18(23)20-13-15-12-14-6-2-3-7-16(14)24-15/h1-7,9,12H,8,10-11,13H2,(H,19,22)(H,20,23). The first-order valence-corrected chi connectivity index (χ1v) is 8.65. The minimum Gasteiger partial charge on any atom is -0.372 e. The lowest BCUT2D eigenvalue weighted by Gasteiger charge is -2.20. The zero-order chi connectivity index (χ0) is 16.8. The lowest BCUT2D eigenvalue weighted by molar-refractivity contribution is -0.139. The highest BCUT2D eigenvalue weighted by Crippen LogP contribution is 2.24. The third kappa shape index (κ3) is 4.23. The van der Waals surface area contributed by atoms with E-state index in [1.165, 1.54) is 4.70 Å². The first-order chi connectivity index (χ1) is 11.7. The number of allylic oxidation sites excluding steroid dienone is 2. The molecule has 1 aliphatic rings. The van der Waals surface area contributed by atoms with Crippen molar-refractivity contribution in [1.82, 2.24) is 15.5 Å². The van der Waals surface area contributed by atoms with Gasteiger partial charge >= 0.3 is 11.8 Å². The molecule has 1 aromatic heterocycles. The minimum atomic E-state index is -0.596. The molecule has 124 valence electrons. The zero-order valence-electron chi connectivity index (χ0n) is 13.2. The summed E-state index contributed by atoms with van der Waals surface area (Å²) in [5.74, 6) is -1.19. The van der Waals surface area contributed by atoms with Crippen molar-refractivity contribution >= 4 is 33.2 Å². The summed E-state index contributed by atoms with van der Waals surface area (Å²) in [6.07, 6.45) is 7.94. The Hall–Kier alpha value is -2.60. The molecular formula is C18H19N3O2S. The molecule has 3 rings (SSSR count). The fraction of sp³-hybridized carbons (Fsp3) is 0.222. The smallest absolute Gasteiger partial charge is 0.309 e. The number of amides is 2. The Morgan fingerprint density at radius 1 is 1.12 bits per heavy atom. The van der Waals surface area contributed by atoms with Crippen LogP contribution in [0.4, 0.5) is 0 Å². The zero-order valence-corrected chi connectivity index (χ0v) is 14.0. The SMILES string of the molecule is O=C(NCCN1C=CC=CC1)C(=O)NCc1cc2ccccc2s1. The van der Waals surface area contributed by atoms with Gasteiger partial charge in [-0.3, -0.25) is 9.59 Å². The van der Waals surface area contributed by atoms with Crippen LogP contribution in [0.1, 0.15) is 4.88 Å². The second-order valence-corrected chi connectivity index (χ2v) is 6.62. The van der Waals surface area contributed by atoms with E-state index in [-0.39, 0.29) is 0 Å². The lowest BCUT2D eigenvalue weighted by atomic mass is 10.2. The van der Waals surface area contributed by atoms with Crippen molar-refractivity contribution in [3.8, 4) is 0 Å². The first kappa shape index (κ1) is 16.3. The molecule has 0 unspecified atom stereocenters. The quantitative estimate of drug-likeness (QED) is 0.818. The second-order valence-electron chi connectivity index (χ2n) is 5.45. The number of carbonyl (C=O) groups excluding carboxylic acids is 2. The molecule has 0 aliphatic carbocycles. The van der Waals surface area contributed by atoms with Gasteiger partial charge in [-0.15, -0.1) is 11.3 Å². The van der Waals surface area contributed by atoms with Crippen LogP contribution in [0.3, 0.4) is 0 Å². The maximum atomic E-state index is 11.9. The third-order valence-electron chi connectivity index (χ3n) is 3.67. The summed E-state index contributed by atoms with van der Waals surface area (Å²) in [6.45, 7) is 2.30. The Morgan fingerprint density at radius 3 is 2.75 bits per heavy atom. The fourth-order valence-electron chi connectivity index (χ4n) is 2.44. The molecule has 2 amide bonds. The van der Waals surface area contributed by atoms with E-state index in [2.05, 4.69) is 15.5 Å². The number of rotatable bonds is 5. The second kappa shape index (κ2) is 7.79. The topological polar surface area (TPSA) is 61.4 Å². The van der Waals surface area contributed by atoms with Gasteiger partial charge in [0, 0.05) is 29.2 Å². The molecule has 0 saturated heterocycles. The van der Waals surface area contributed by atoms with Crippen molar-refractivity contribution in [3.63, 3.8) is 0 Å². The molecule has 1 aromatic carbocycles. The van der Waals surface area contributed by atoms with Crippen LogP contribution < -0.4 is 10.6 Å². The molecule has 0 radical (unpaired) electrons. The van der Waals surface area contributed by atoms with Crippen molar-refractivity contribution in [3.05, 3.63) is 59.6 Å². The van der Waals surface area contributed by atoms with Gasteiger partial charge in [0.25, 0.3) is 0 Å². The van der Waals surface area contributed by atoms with E-state index in [1.54, 1.807) is 11.3 Å². The molecule has 0 atom stereocenters. The number of nitrogens with zero attached hydrogens (tertiary/aromatic N) is 1. The Morgan fingerprint density at radius 2 is 1.96 bits per heavy atom. The summed E-state index contributed by atoms with van der Waals surface area (Å²) in [6, 6.07) is 10.1. The summed E-state index contributed by atoms with van der Waals surface area (Å²) in [5, 5.41) is 6.47. The van der Waals surface area contributed by atoms with Gasteiger partial charge < -0.3 is 15.5 Å². The minimum absolute atomic E-state index is 0.366. The van der Waals surface area contributed by atoms with Crippen molar-refractivity contribution in [2.45, 2.75) is 6.54 Å². The van der Waals surface area contributed by atoms with Gasteiger partial charge in [0.2, 0.25) is 0 Å². The highest BCUT2D eigenvalue weighted by atomic mass is 32.1. The van der Waals surface area contributed by atoms with Crippen LogP contribution >= 0.6 is 11.3 Å². The summed E-state index contributed by atoms with van der Waals surface area (Å²) >= 11 is 1.62. The maximum Gasteiger partial charge on any atom is 0.309 e. The normalized spacial score (nSPS) is 13.2. The van der Waals surface area contributed by atoms with E-state index in [4.69, 9.17) is 0 Å². The van der Waals surface area contributed by atoms with Crippen LogP contribution in [-0.2, 0) is 16.1 Å². The number of hydrogen-bond acceptors (Lipinski definition) is 4. The van der Waals surface area contributed by atoms with Gasteiger partial charge in [-0.1, -0.05) is 30.4 Å². The third-order valence-corrected chi connectivity index (χ3v) is 4.79. The van der Waals surface area contributed by atoms with E-state index in [0.29, 0.717) is 19.6 Å². The highest BCUT2D eigenvalue weighted by molar-refractivity contribution is 7.19. The van der Waals surface area contributed by atoms with Crippen LogP contribution in [0.15, 0.2) is 54.8 Å². The van der Waals surface area contributed by atoms with E-state index < -0.39 is 11.8 Å². The number of nitrogens with one attached hydrogen (secondary N) is 2. The number of fused-ring (bicyclic) bond motifs is 1. The van der Waals surface area contributed by atoms with Gasteiger partial charge in [0.1, 0.15) is 0 Å². The summed E-state index contributed by atoms with van der Waals surface area (Å²) in [4.78, 5) is 26.8. The molecule has 2 heterocycles. The van der Waals surface area contributed by atoms with Crippen LogP contribution in [0, 0.1) is 0 Å². The van der Waals surface area contributed by atoms with Gasteiger partial charge in [-0.05, 0) is 29.8 Å². The molecule has 2 aromatic rings. The molecule has 0 fully saturated rings. The molecule has 0 spiro atoms. The van der Waals surface area contributed by atoms with Crippen LogP contribution in [0.25, 0.3) is 10.1 Å². The predicted molar refractivity (Wildman–Crippen MR) is 96.5 cm³/mol. The van der Waals surface area contributed by atoms with E-state index >= 15 is 0 Å². The predicted octanol–water partition coefficient (Wildman–Crippen LogP) is 2.02.